The molecule has 1 heterocycles. The Morgan fingerprint density at radius 1 is 1.42 bits per heavy atom. The molecule has 2 rings (SSSR count). The number of ether oxygens (including phenoxy) is 3. The summed E-state index contributed by atoms with van der Waals surface area (Å²) in [5, 5.41) is 0. The SMILES string of the molecule is C=CC[C@@H]1COC(C)(C)OC1c1ccccc1OC. The van der Waals surface area contributed by atoms with Gasteiger partial charge in [-0.3, -0.25) is 0 Å². The van der Waals surface area contributed by atoms with Crippen molar-refractivity contribution in [3.8, 4) is 5.75 Å². The van der Waals surface area contributed by atoms with Crippen LogP contribution in [0, 0.1) is 5.92 Å². The van der Waals surface area contributed by atoms with Gasteiger partial charge in [-0.2, -0.15) is 0 Å². The van der Waals surface area contributed by atoms with E-state index in [0.29, 0.717) is 6.61 Å². The summed E-state index contributed by atoms with van der Waals surface area (Å²) in [6.45, 7) is 8.38. The van der Waals surface area contributed by atoms with Gasteiger partial charge in [-0.15, -0.1) is 6.58 Å². The lowest BCUT2D eigenvalue weighted by atomic mass is 9.91. The van der Waals surface area contributed by atoms with E-state index in [0.717, 1.165) is 17.7 Å². The summed E-state index contributed by atoms with van der Waals surface area (Å²) in [5.41, 5.74) is 1.08. The molecule has 1 unspecified atom stereocenters. The molecule has 1 aliphatic rings. The molecule has 1 fully saturated rings. The highest BCUT2D eigenvalue weighted by Gasteiger charge is 2.37. The molecule has 0 radical (unpaired) electrons. The van der Waals surface area contributed by atoms with Gasteiger partial charge in [0.15, 0.2) is 5.79 Å². The van der Waals surface area contributed by atoms with Crippen LogP contribution in [0.15, 0.2) is 36.9 Å². The van der Waals surface area contributed by atoms with Crippen molar-refractivity contribution in [2.45, 2.75) is 32.2 Å². The maximum absolute atomic E-state index is 6.12. The molecule has 0 saturated carbocycles. The van der Waals surface area contributed by atoms with Crippen molar-refractivity contribution in [2.24, 2.45) is 5.92 Å². The summed E-state index contributed by atoms with van der Waals surface area (Å²) in [5.74, 6) is 0.560. The zero-order valence-corrected chi connectivity index (χ0v) is 11.9. The number of para-hydroxylation sites is 1. The lowest BCUT2D eigenvalue weighted by Gasteiger charge is -2.41. The molecule has 1 saturated heterocycles. The van der Waals surface area contributed by atoms with E-state index < -0.39 is 5.79 Å². The Labute approximate surface area is 115 Å². The summed E-state index contributed by atoms with van der Waals surface area (Å²) in [7, 11) is 1.69. The van der Waals surface area contributed by atoms with Gasteiger partial charge in [0.25, 0.3) is 0 Å². The van der Waals surface area contributed by atoms with Gasteiger partial charge < -0.3 is 14.2 Å². The van der Waals surface area contributed by atoms with Crippen molar-refractivity contribution in [3.63, 3.8) is 0 Å². The summed E-state index contributed by atoms with van der Waals surface area (Å²) in [4.78, 5) is 0. The normalized spacial score (nSPS) is 25.8. The standard InChI is InChI=1S/C16H22O3/c1-5-8-12-11-18-16(2,3)19-15(12)13-9-6-7-10-14(13)17-4/h5-7,9-10,12,15H,1,8,11H2,2-4H3/t12-,15?/m1/s1. The molecule has 0 bridgehead atoms. The minimum atomic E-state index is -0.566. The van der Waals surface area contributed by atoms with Crippen molar-refractivity contribution in [2.75, 3.05) is 13.7 Å². The second-order valence-electron chi connectivity index (χ2n) is 5.28. The summed E-state index contributed by atoms with van der Waals surface area (Å²) in [6, 6.07) is 8.00. The van der Waals surface area contributed by atoms with Crippen LogP contribution in [-0.2, 0) is 9.47 Å². The lowest BCUT2D eigenvalue weighted by Crippen LogP contribution is -2.41. The van der Waals surface area contributed by atoms with Crippen LogP contribution < -0.4 is 4.74 Å². The Bertz CT molecular complexity index is 439. The van der Waals surface area contributed by atoms with Crippen molar-refractivity contribution in [1.82, 2.24) is 0 Å². The molecule has 0 aliphatic carbocycles. The number of hydrogen-bond donors (Lipinski definition) is 0. The first-order valence-corrected chi connectivity index (χ1v) is 6.63. The molecule has 3 heteroatoms. The molecule has 1 aromatic carbocycles. The average molecular weight is 262 g/mol. The summed E-state index contributed by atoms with van der Waals surface area (Å²) < 4.78 is 17.3. The smallest absolute Gasteiger partial charge is 0.163 e. The Morgan fingerprint density at radius 2 is 2.16 bits per heavy atom. The highest BCUT2D eigenvalue weighted by molar-refractivity contribution is 5.35. The monoisotopic (exact) mass is 262 g/mol. The van der Waals surface area contributed by atoms with Crippen LogP contribution in [-0.4, -0.2) is 19.5 Å². The molecular weight excluding hydrogens is 240 g/mol. The first-order valence-electron chi connectivity index (χ1n) is 6.63. The molecule has 3 nitrogen and oxygen atoms in total. The molecule has 19 heavy (non-hydrogen) atoms. The van der Waals surface area contributed by atoms with Gasteiger partial charge in [0, 0.05) is 11.5 Å². The first-order chi connectivity index (χ1) is 9.07. The molecule has 1 aromatic rings. The molecule has 0 spiro atoms. The lowest BCUT2D eigenvalue weighted by molar-refractivity contribution is -0.295. The molecule has 1 aliphatic heterocycles. The Morgan fingerprint density at radius 3 is 2.84 bits per heavy atom. The van der Waals surface area contributed by atoms with E-state index in [1.54, 1.807) is 7.11 Å². The maximum Gasteiger partial charge on any atom is 0.163 e. The molecule has 0 aromatic heterocycles. The fourth-order valence-corrected chi connectivity index (χ4v) is 2.46. The van der Waals surface area contributed by atoms with Gasteiger partial charge in [0.1, 0.15) is 5.75 Å². The molecule has 0 N–H and O–H groups in total. The van der Waals surface area contributed by atoms with E-state index in [1.807, 2.05) is 38.1 Å². The van der Waals surface area contributed by atoms with Crippen molar-refractivity contribution in [3.05, 3.63) is 42.5 Å². The van der Waals surface area contributed by atoms with E-state index in [2.05, 4.69) is 12.6 Å². The van der Waals surface area contributed by atoms with Crippen molar-refractivity contribution >= 4 is 0 Å². The van der Waals surface area contributed by atoms with Gasteiger partial charge in [0.2, 0.25) is 0 Å². The second kappa shape index (κ2) is 5.76. The van der Waals surface area contributed by atoms with Crippen LogP contribution in [0.3, 0.4) is 0 Å². The molecule has 0 amide bonds. The van der Waals surface area contributed by atoms with E-state index in [-0.39, 0.29) is 12.0 Å². The van der Waals surface area contributed by atoms with Gasteiger partial charge in [-0.05, 0) is 26.3 Å². The minimum Gasteiger partial charge on any atom is -0.496 e. The first kappa shape index (κ1) is 14.1. The van der Waals surface area contributed by atoms with E-state index in [9.17, 15) is 0 Å². The van der Waals surface area contributed by atoms with Crippen LogP contribution in [0.25, 0.3) is 0 Å². The van der Waals surface area contributed by atoms with Crippen molar-refractivity contribution in [1.29, 1.82) is 0 Å². The van der Waals surface area contributed by atoms with Crippen LogP contribution in [0.4, 0.5) is 0 Å². The zero-order chi connectivity index (χ0) is 13.9. The van der Waals surface area contributed by atoms with Gasteiger partial charge in [0.05, 0.1) is 19.8 Å². The topological polar surface area (TPSA) is 27.7 Å². The van der Waals surface area contributed by atoms with Crippen LogP contribution in [0.2, 0.25) is 0 Å². The van der Waals surface area contributed by atoms with E-state index in [1.165, 1.54) is 0 Å². The predicted octanol–water partition coefficient (Wildman–Crippen LogP) is 3.71. The number of hydrogen-bond acceptors (Lipinski definition) is 3. The van der Waals surface area contributed by atoms with E-state index >= 15 is 0 Å². The maximum atomic E-state index is 6.12. The van der Waals surface area contributed by atoms with Crippen molar-refractivity contribution < 1.29 is 14.2 Å². The highest BCUT2D eigenvalue weighted by Crippen LogP contribution is 2.41. The minimum absolute atomic E-state index is 0.0297. The third-order valence-corrected chi connectivity index (χ3v) is 3.40. The predicted molar refractivity (Wildman–Crippen MR) is 75.2 cm³/mol. The molecule has 2 atom stereocenters. The number of benzene rings is 1. The van der Waals surface area contributed by atoms with Crippen LogP contribution in [0.5, 0.6) is 5.75 Å². The second-order valence-corrected chi connectivity index (χ2v) is 5.28. The average Bonchev–Trinajstić information content (AvgIpc) is 2.40. The largest absolute Gasteiger partial charge is 0.496 e. The number of rotatable bonds is 4. The molecule has 104 valence electrons. The van der Waals surface area contributed by atoms with Gasteiger partial charge in [-0.25, -0.2) is 0 Å². The van der Waals surface area contributed by atoms with E-state index in [4.69, 9.17) is 14.2 Å². The third kappa shape index (κ3) is 3.17. The Hall–Kier alpha value is -1.32. The fourth-order valence-electron chi connectivity index (χ4n) is 2.46. The van der Waals surface area contributed by atoms with Gasteiger partial charge in [-0.1, -0.05) is 24.3 Å². The molecular formula is C16H22O3. The Balaban J connectivity index is 2.33. The summed E-state index contributed by atoms with van der Waals surface area (Å²) >= 11 is 0. The van der Waals surface area contributed by atoms with Crippen LogP contribution >= 0.6 is 0 Å². The van der Waals surface area contributed by atoms with Gasteiger partial charge >= 0.3 is 0 Å². The Kier molecular flexibility index (Phi) is 4.27. The quantitative estimate of drug-likeness (QED) is 0.774. The number of allylic oxidation sites excluding steroid dienone is 1. The third-order valence-electron chi connectivity index (χ3n) is 3.40. The zero-order valence-electron chi connectivity index (χ0n) is 11.9. The summed E-state index contributed by atoms with van der Waals surface area (Å²) in [6.07, 6.45) is 2.74. The highest BCUT2D eigenvalue weighted by atomic mass is 16.7. The van der Waals surface area contributed by atoms with Crippen LogP contribution in [0.1, 0.15) is 31.9 Å². The fraction of sp³-hybridized carbons (Fsp3) is 0.500. The number of methoxy groups -OCH3 is 1.